The van der Waals surface area contributed by atoms with Crippen molar-refractivity contribution < 1.29 is 0 Å². The van der Waals surface area contributed by atoms with Crippen LogP contribution in [-0.2, 0) is 0 Å². The Morgan fingerprint density at radius 1 is 0.413 bits per heavy atom. The van der Waals surface area contributed by atoms with Gasteiger partial charge in [0, 0.05) is 42.1 Å². The molecule has 0 unspecified atom stereocenters. The number of nitrogens with zero attached hydrogens (tertiary/aromatic N) is 3. The Labute approximate surface area is 268 Å². The van der Waals surface area contributed by atoms with Gasteiger partial charge in [0.2, 0.25) is 0 Å². The zero-order chi connectivity index (χ0) is 30.2. The fraction of sp³-hybridized carbons (Fsp3) is 0. The predicted molar refractivity (Wildman–Crippen MR) is 195 cm³/mol. The molecule has 0 spiro atoms. The van der Waals surface area contributed by atoms with Gasteiger partial charge < -0.3 is 0 Å². The minimum atomic E-state index is 0.851. The lowest BCUT2D eigenvalue weighted by molar-refractivity contribution is 1.12. The van der Waals surface area contributed by atoms with Crippen molar-refractivity contribution in [3.05, 3.63) is 152 Å². The summed E-state index contributed by atoms with van der Waals surface area (Å²) in [6.07, 6.45) is 0. The summed E-state index contributed by atoms with van der Waals surface area (Å²) in [7, 11) is 0. The van der Waals surface area contributed by atoms with Crippen LogP contribution in [0.15, 0.2) is 152 Å². The standard InChI is InChI=1S/C42H25N3S/c1-2-11-26(12-3-1)41-43-44-42-36-15-5-4-13-32(36)37-25-27(23-24-38(37)45(41)42)28-16-8-18-30-29(28)17-9-19-31(30)34-20-10-21-35-33-14-6-7-22-39(33)46-40(34)35/h1-25H. The van der Waals surface area contributed by atoms with Crippen LogP contribution in [0.3, 0.4) is 0 Å². The lowest BCUT2D eigenvalue weighted by atomic mass is 9.91. The Morgan fingerprint density at radius 2 is 1.07 bits per heavy atom. The number of benzene rings is 7. The summed E-state index contributed by atoms with van der Waals surface area (Å²) in [4.78, 5) is 0. The molecule has 4 heteroatoms. The van der Waals surface area contributed by atoms with Crippen LogP contribution in [-0.4, -0.2) is 14.6 Å². The number of aromatic nitrogens is 3. The Kier molecular flexibility index (Phi) is 5.45. The summed E-state index contributed by atoms with van der Waals surface area (Å²) < 4.78 is 4.88. The maximum atomic E-state index is 4.68. The third-order valence-electron chi connectivity index (χ3n) is 9.32. The molecule has 0 atom stereocenters. The molecule has 10 aromatic rings. The van der Waals surface area contributed by atoms with Crippen LogP contribution in [0.1, 0.15) is 0 Å². The van der Waals surface area contributed by atoms with Gasteiger partial charge in [-0.05, 0) is 51.0 Å². The Morgan fingerprint density at radius 3 is 1.91 bits per heavy atom. The number of pyridine rings is 1. The zero-order valence-corrected chi connectivity index (χ0v) is 25.5. The van der Waals surface area contributed by atoms with Crippen LogP contribution in [0.5, 0.6) is 0 Å². The van der Waals surface area contributed by atoms with Gasteiger partial charge in [-0.1, -0.05) is 133 Å². The average Bonchev–Trinajstić information content (AvgIpc) is 3.74. The van der Waals surface area contributed by atoms with E-state index >= 15 is 0 Å². The normalized spacial score (nSPS) is 11.9. The van der Waals surface area contributed by atoms with E-state index in [1.165, 1.54) is 64.0 Å². The maximum absolute atomic E-state index is 4.68. The second-order valence-corrected chi connectivity index (χ2v) is 12.9. The number of thiophene rings is 1. The molecule has 7 aromatic carbocycles. The van der Waals surface area contributed by atoms with Gasteiger partial charge in [-0.3, -0.25) is 4.40 Å². The number of fused-ring (bicyclic) bond motifs is 10. The van der Waals surface area contributed by atoms with E-state index in [1.807, 2.05) is 29.5 Å². The third kappa shape index (κ3) is 3.65. The Hall–Kier alpha value is -5.84. The summed E-state index contributed by atoms with van der Waals surface area (Å²) in [5.74, 6) is 0.851. The first-order valence-electron chi connectivity index (χ1n) is 15.5. The molecule has 0 aliphatic heterocycles. The van der Waals surface area contributed by atoms with Gasteiger partial charge in [0.1, 0.15) is 0 Å². The summed E-state index contributed by atoms with van der Waals surface area (Å²) in [6.45, 7) is 0. The fourth-order valence-corrected chi connectivity index (χ4v) is 8.47. The highest BCUT2D eigenvalue weighted by atomic mass is 32.1. The molecule has 0 saturated carbocycles. The number of hydrogen-bond donors (Lipinski definition) is 0. The Balaban J connectivity index is 1.22. The van der Waals surface area contributed by atoms with E-state index in [4.69, 9.17) is 0 Å². The highest BCUT2D eigenvalue weighted by Crippen LogP contribution is 2.43. The highest BCUT2D eigenvalue weighted by molar-refractivity contribution is 7.26. The lowest BCUT2D eigenvalue weighted by Crippen LogP contribution is -1.95. The largest absolute Gasteiger partial charge is 0.274 e. The topological polar surface area (TPSA) is 30.2 Å². The molecule has 46 heavy (non-hydrogen) atoms. The van der Waals surface area contributed by atoms with Gasteiger partial charge in [0.05, 0.1) is 5.52 Å². The molecule has 10 rings (SSSR count). The minimum absolute atomic E-state index is 0.851. The average molecular weight is 604 g/mol. The summed E-state index contributed by atoms with van der Waals surface area (Å²) >= 11 is 1.88. The lowest BCUT2D eigenvalue weighted by Gasteiger charge is -2.14. The van der Waals surface area contributed by atoms with Crippen molar-refractivity contribution in [2.75, 3.05) is 0 Å². The number of hydrogen-bond acceptors (Lipinski definition) is 3. The monoisotopic (exact) mass is 603 g/mol. The van der Waals surface area contributed by atoms with Gasteiger partial charge >= 0.3 is 0 Å². The predicted octanol–water partition coefficient (Wildman–Crippen LogP) is 11.6. The molecule has 0 aliphatic carbocycles. The van der Waals surface area contributed by atoms with Gasteiger partial charge in [-0.25, -0.2) is 0 Å². The first-order chi connectivity index (χ1) is 22.8. The van der Waals surface area contributed by atoms with E-state index in [2.05, 4.69) is 148 Å². The van der Waals surface area contributed by atoms with Crippen molar-refractivity contribution in [3.8, 4) is 33.6 Å². The van der Waals surface area contributed by atoms with Crippen LogP contribution >= 0.6 is 11.3 Å². The van der Waals surface area contributed by atoms with Crippen molar-refractivity contribution in [1.29, 1.82) is 0 Å². The van der Waals surface area contributed by atoms with Crippen molar-refractivity contribution in [2.45, 2.75) is 0 Å². The summed E-state index contributed by atoms with van der Waals surface area (Å²) in [5, 5.41) is 18.0. The van der Waals surface area contributed by atoms with Crippen molar-refractivity contribution in [1.82, 2.24) is 14.6 Å². The molecule has 0 bridgehead atoms. The minimum Gasteiger partial charge on any atom is -0.274 e. The van der Waals surface area contributed by atoms with Crippen LogP contribution in [0.4, 0.5) is 0 Å². The van der Waals surface area contributed by atoms with E-state index < -0.39 is 0 Å². The second-order valence-electron chi connectivity index (χ2n) is 11.8. The first kappa shape index (κ1) is 25.5. The molecule has 0 amide bonds. The van der Waals surface area contributed by atoms with Crippen LogP contribution in [0.25, 0.3) is 91.9 Å². The molecular weight excluding hydrogens is 579 g/mol. The smallest absolute Gasteiger partial charge is 0.169 e. The molecular formula is C42H25N3S. The first-order valence-corrected chi connectivity index (χ1v) is 16.3. The zero-order valence-electron chi connectivity index (χ0n) is 24.7. The third-order valence-corrected chi connectivity index (χ3v) is 10.5. The van der Waals surface area contributed by atoms with Crippen molar-refractivity contribution >= 4 is 69.6 Å². The van der Waals surface area contributed by atoms with Gasteiger partial charge in [0.15, 0.2) is 11.5 Å². The van der Waals surface area contributed by atoms with Crippen LogP contribution in [0.2, 0.25) is 0 Å². The fourth-order valence-electron chi connectivity index (χ4n) is 7.24. The van der Waals surface area contributed by atoms with Crippen LogP contribution < -0.4 is 0 Å². The van der Waals surface area contributed by atoms with E-state index in [-0.39, 0.29) is 0 Å². The molecule has 3 heterocycles. The maximum Gasteiger partial charge on any atom is 0.169 e. The highest BCUT2D eigenvalue weighted by Gasteiger charge is 2.18. The molecule has 0 fully saturated rings. The van der Waals surface area contributed by atoms with Gasteiger partial charge in [-0.15, -0.1) is 21.5 Å². The molecule has 0 radical (unpaired) electrons. The Bertz CT molecular complexity index is 2810. The van der Waals surface area contributed by atoms with Gasteiger partial charge in [-0.2, -0.15) is 0 Å². The molecule has 214 valence electrons. The molecule has 3 nitrogen and oxygen atoms in total. The van der Waals surface area contributed by atoms with Crippen LogP contribution in [0, 0.1) is 0 Å². The van der Waals surface area contributed by atoms with E-state index in [9.17, 15) is 0 Å². The summed E-state index contributed by atoms with van der Waals surface area (Å²) in [5.41, 5.74) is 7.98. The van der Waals surface area contributed by atoms with Crippen molar-refractivity contribution in [3.63, 3.8) is 0 Å². The molecule has 3 aromatic heterocycles. The van der Waals surface area contributed by atoms with E-state index in [0.29, 0.717) is 0 Å². The van der Waals surface area contributed by atoms with E-state index in [1.54, 1.807) is 0 Å². The SMILES string of the molecule is c1ccc(-c2nnc3c4ccccc4c4cc(-c5cccc6c(-c7cccc8c7sc7ccccc78)cccc56)ccc4n23)cc1. The summed E-state index contributed by atoms with van der Waals surface area (Å²) in [6, 6.07) is 54.6. The molecule has 0 aliphatic rings. The van der Waals surface area contributed by atoms with E-state index in [0.717, 1.165) is 27.9 Å². The van der Waals surface area contributed by atoms with Crippen molar-refractivity contribution in [2.24, 2.45) is 0 Å². The van der Waals surface area contributed by atoms with Gasteiger partial charge in [0.25, 0.3) is 0 Å². The molecule has 0 saturated heterocycles. The number of rotatable bonds is 3. The quantitative estimate of drug-likeness (QED) is 0.188. The second kappa shape index (κ2) is 9.83. The molecule has 0 N–H and O–H groups in total.